The van der Waals surface area contributed by atoms with E-state index in [1.807, 2.05) is 42.5 Å². The first-order valence-electron chi connectivity index (χ1n) is 7.41. The van der Waals surface area contributed by atoms with Crippen LogP contribution in [0.15, 0.2) is 54.6 Å². The summed E-state index contributed by atoms with van der Waals surface area (Å²) in [6.45, 7) is 4.45. The number of rotatable bonds is 7. The second-order valence-corrected chi connectivity index (χ2v) is 4.98. The van der Waals surface area contributed by atoms with Crippen molar-refractivity contribution in [3.63, 3.8) is 0 Å². The van der Waals surface area contributed by atoms with Crippen LogP contribution in [0.1, 0.15) is 33.1 Å². The lowest BCUT2D eigenvalue weighted by Gasteiger charge is -2.17. The third kappa shape index (κ3) is 4.30. The number of anilines is 1. The van der Waals surface area contributed by atoms with E-state index in [1.54, 1.807) is 0 Å². The first-order chi connectivity index (χ1) is 9.81. The Bertz CT molecular complexity index is 493. The third-order valence-electron chi connectivity index (χ3n) is 3.33. The van der Waals surface area contributed by atoms with E-state index in [4.69, 9.17) is 4.74 Å². The topological polar surface area (TPSA) is 21.3 Å². The molecular formula is C18H23NO. The average Bonchev–Trinajstić information content (AvgIpc) is 2.50. The molecule has 0 heterocycles. The predicted octanol–water partition coefficient (Wildman–Crippen LogP) is 5.47. The van der Waals surface area contributed by atoms with Gasteiger partial charge in [0.05, 0.1) is 0 Å². The maximum absolute atomic E-state index is 5.78. The van der Waals surface area contributed by atoms with Gasteiger partial charge in [-0.1, -0.05) is 38.5 Å². The Balaban J connectivity index is 1.96. The molecule has 106 valence electrons. The third-order valence-corrected chi connectivity index (χ3v) is 3.33. The van der Waals surface area contributed by atoms with Crippen molar-refractivity contribution >= 4 is 5.69 Å². The summed E-state index contributed by atoms with van der Waals surface area (Å²) in [5.41, 5.74) is 1.16. The van der Waals surface area contributed by atoms with Gasteiger partial charge in [0.15, 0.2) is 0 Å². The fourth-order valence-electron chi connectivity index (χ4n) is 2.21. The van der Waals surface area contributed by atoms with Gasteiger partial charge in [0, 0.05) is 11.7 Å². The molecule has 0 aliphatic heterocycles. The van der Waals surface area contributed by atoms with Crippen molar-refractivity contribution < 1.29 is 4.74 Å². The first kappa shape index (κ1) is 14.4. The highest BCUT2D eigenvalue weighted by Gasteiger charge is 2.04. The van der Waals surface area contributed by atoms with Crippen LogP contribution in [0.5, 0.6) is 11.5 Å². The minimum absolute atomic E-state index is 0.556. The first-order valence-corrected chi connectivity index (χ1v) is 7.41. The monoisotopic (exact) mass is 269 g/mol. The van der Waals surface area contributed by atoms with Gasteiger partial charge >= 0.3 is 0 Å². The number of ether oxygens (including phenoxy) is 1. The number of nitrogens with one attached hydrogen (secondary N) is 1. The summed E-state index contributed by atoms with van der Waals surface area (Å²) >= 11 is 0. The zero-order chi connectivity index (χ0) is 14.2. The van der Waals surface area contributed by atoms with Gasteiger partial charge in [0.2, 0.25) is 0 Å². The molecule has 1 unspecified atom stereocenters. The van der Waals surface area contributed by atoms with Crippen LogP contribution in [0.4, 0.5) is 5.69 Å². The van der Waals surface area contributed by atoms with Crippen molar-refractivity contribution in [2.45, 2.75) is 39.2 Å². The Morgan fingerprint density at radius 1 is 0.900 bits per heavy atom. The Hall–Kier alpha value is -1.96. The van der Waals surface area contributed by atoms with Gasteiger partial charge in [-0.2, -0.15) is 0 Å². The van der Waals surface area contributed by atoms with E-state index < -0.39 is 0 Å². The molecule has 0 amide bonds. The molecule has 1 N–H and O–H groups in total. The Morgan fingerprint density at radius 3 is 2.15 bits per heavy atom. The van der Waals surface area contributed by atoms with E-state index in [0.29, 0.717) is 6.04 Å². The minimum atomic E-state index is 0.556. The van der Waals surface area contributed by atoms with E-state index >= 15 is 0 Å². The molecule has 0 aliphatic carbocycles. The van der Waals surface area contributed by atoms with Gasteiger partial charge in [-0.25, -0.2) is 0 Å². The number of para-hydroxylation sites is 1. The molecule has 2 nitrogen and oxygen atoms in total. The highest BCUT2D eigenvalue weighted by Crippen LogP contribution is 2.23. The lowest BCUT2D eigenvalue weighted by atomic mass is 10.1. The largest absolute Gasteiger partial charge is 0.457 e. The van der Waals surface area contributed by atoms with Crippen molar-refractivity contribution in [2.24, 2.45) is 0 Å². The summed E-state index contributed by atoms with van der Waals surface area (Å²) in [6.07, 6.45) is 3.57. The number of hydrogen-bond acceptors (Lipinski definition) is 2. The highest BCUT2D eigenvalue weighted by molar-refractivity contribution is 5.47. The van der Waals surface area contributed by atoms with Crippen molar-refractivity contribution in [1.82, 2.24) is 0 Å². The van der Waals surface area contributed by atoms with Gasteiger partial charge < -0.3 is 10.1 Å². The van der Waals surface area contributed by atoms with Crippen molar-refractivity contribution in [3.05, 3.63) is 54.6 Å². The van der Waals surface area contributed by atoms with Crippen LogP contribution in [-0.2, 0) is 0 Å². The quantitative estimate of drug-likeness (QED) is 0.719. The fourth-order valence-corrected chi connectivity index (χ4v) is 2.21. The standard InChI is InChI=1S/C18H23NO/c1-3-8-15(4-2)19-16-11-13-18(14-12-16)20-17-9-6-5-7-10-17/h5-7,9-15,19H,3-4,8H2,1-2H3. The van der Waals surface area contributed by atoms with Crippen LogP contribution in [-0.4, -0.2) is 6.04 Å². The average molecular weight is 269 g/mol. The summed E-state index contributed by atoms with van der Waals surface area (Å²) in [6, 6.07) is 18.6. The number of hydrogen-bond donors (Lipinski definition) is 1. The van der Waals surface area contributed by atoms with Gasteiger partial charge in [0.25, 0.3) is 0 Å². The molecule has 2 aromatic rings. The van der Waals surface area contributed by atoms with E-state index in [-0.39, 0.29) is 0 Å². The van der Waals surface area contributed by atoms with Crippen molar-refractivity contribution in [3.8, 4) is 11.5 Å². The van der Waals surface area contributed by atoms with Crippen LogP contribution in [0.3, 0.4) is 0 Å². The van der Waals surface area contributed by atoms with Gasteiger partial charge in [0.1, 0.15) is 11.5 Å². The maximum atomic E-state index is 5.78. The molecule has 0 saturated carbocycles. The molecule has 0 bridgehead atoms. The summed E-state index contributed by atoms with van der Waals surface area (Å²) in [4.78, 5) is 0. The molecule has 2 rings (SSSR count). The van der Waals surface area contributed by atoms with Gasteiger partial charge in [-0.3, -0.25) is 0 Å². The maximum Gasteiger partial charge on any atom is 0.127 e. The Kier molecular flexibility index (Phi) is 5.48. The summed E-state index contributed by atoms with van der Waals surface area (Å²) < 4.78 is 5.78. The molecule has 0 saturated heterocycles. The van der Waals surface area contributed by atoms with E-state index in [0.717, 1.165) is 23.6 Å². The zero-order valence-electron chi connectivity index (χ0n) is 12.3. The lowest BCUT2D eigenvalue weighted by Crippen LogP contribution is -2.17. The molecule has 0 aromatic heterocycles. The summed E-state index contributed by atoms with van der Waals surface area (Å²) in [5.74, 6) is 1.73. The fraction of sp³-hybridized carbons (Fsp3) is 0.333. The Morgan fingerprint density at radius 2 is 1.55 bits per heavy atom. The molecular weight excluding hydrogens is 246 g/mol. The number of benzene rings is 2. The van der Waals surface area contributed by atoms with Crippen LogP contribution in [0.2, 0.25) is 0 Å². The lowest BCUT2D eigenvalue weighted by molar-refractivity contribution is 0.482. The summed E-state index contributed by atoms with van der Waals surface area (Å²) in [7, 11) is 0. The van der Waals surface area contributed by atoms with Crippen LogP contribution >= 0.6 is 0 Å². The van der Waals surface area contributed by atoms with Crippen LogP contribution in [0, 0.1) is 0 Å². The smallest absolute Gasteiger partial charge is 0.127 e. The second kappa shape index (κ2) is 7.59. The van der Waals surface area contributed by atoms with E-state index in [2.05, 4.69) is 31.3 Å². The summed E-state index contributed by atoms with van der Waals surface area (Å²) in [5, 5.41) is 3.57. The van der Waals surface area contributed by atoms with Gasteiger partial charge in [-0.15, -0.1) is 0 Å². The molecule has 0 spiro atoms. The second-order valence-electron chi connectivity index (χ2n) is 4.98. The van der Waals surface area contributed by atoms with Crippen molar-refractivity contribution in [1.29, 1.82) is 0 Å². The molecule has 0 aliphatic rings. The molecule has 0 fully saturated rings. The highest BCUT2D eigenvalue weighted by atomic mass is 16.5. The van der Waals surface area contributed by atoms with Gasteiger partial charge in [-0.05, 0) is 49.2 Å². The molecule has 0 radical (unpaired) electrons. The SMILES string of the molecule is CCCC(CC)Nc1ccc(Oc2ccccc2)cc1. The molecule has 2 heteroatoms. The molecule has 1 atom stereocenters. The van der Waals surface area contributed by atoms with Crippen LogP contribution in [0.25, 0.3) is 0 Å². The van der Waals surface area contributed by atoms with E-state index in [1.165, 1.54) is 12.8 Å². The molecule has 2 aromatic carbocycles. The zero-order valence-corrected chi connectivity index (χ0v) is 12.3. The van der Waals surface area contributed by atoms with E-state index in [9.17, 15) is 0 Å². The van der Waals surface area contributed by atoms with Crippen molar-refractivity contribution in [2.75, 3.05) is 5.32 Å². The minimum Gasteiger partial charge on any atom is -0.457 e. The normalized spacial score (nSPS) is 11.9. The predicted molar refractivity (Wildman–Crippen MR) is 85.6 cm³/mol. The van der Waals surface area contributed by atoms with Crippen LogP contribution < -0.4 is 10.1 Å². The Labute approximate surface area is 121 Å². The molecule has 20 heavy (non-hydrogen) atoms.